The van der Waals surface area contributed by atoms with Crippen molar-refractivity contribution in [3.8, 4) is 0 Å². The second-order valence-electron chi connectivity index (χ2n) is 15.4. The molecule has 5 fully saturated rings. The Morgan fingerprint density at radius 2 is 1.54 bits per heavy atom. The second-order valence-corrected chi connectivity index (χ2v) is 15.4. The van der Waals surface area contributed by atoms with Crippen molar-refractivity contribution < 1.29 is 14.3 Å². The lowest BCUT2D eigenvalue weighted by atomic mass is 9.32. The van der Waals surface area contributed by atoms with Crippen LogP contribution in [0.4, 0.5) is 0 Å². The van der Waals surface area contributed by atoms with Crippen LogP contribution in [0.3, 0.4) is 0 Å². The molecule has 0 unspecified atom stereocenters. The van der Waals surface area contributed by atoms with Crippen molar-refractivity contribution in [3.05, 3.63) is 0 Å². The zero-order chi connectivity index (χ0) is 25.6. The van der Waals surface area contributed by atoms with Gasteiger partial charge in [0.25, 0.3) is 0 Å². The van der Waals surface area contributed by atoms with E-state index in [-0.39, 0.29) is 22.9 Å². The molecule has 10 atom stereocenters. The fourth-order valence-corrected chi connectivity index (χ4v) is 12.0. The standard InChI is InChI=1S/C32H52O3/c1-20(2)22-11-16-32(19-33)18-17-30(7)23(27(22)32)9-10-25-29(6)14-13-26(35-21(3)34)28(4,5)24(29)12-15-31(25,30)8/h19-20,22-27H,9-18H2,1-8H3/t22-,23+,24-,25+,26-,27+,29-,30+,31+,32+/m0/s1. The second kappa shape index (κ2) is 8.07. The van der Waals surface area contributed by atoms with Crippen LogP contribution < -0.4 is 0 Å². The molecule has 0 amide bonds. The van der Waals surface area contributed by atoms with Gasteiger partial charge in [0.05, 0.1) is 0 Å². The molecule has 0 spiro atoms. The van der Waals surface area contributed by atoms with Crippen molar-refractivity contribution in [3.63, 3.8) is 0 Å². The third kappa shape index (κ3) is 3.27. The molecule has 0 aliphatic heterocycles. The summed E-state index contributed by atoms with van der Waals surface area (Å²) < 4.78 is 5.90. The highest BCUT2D eigenvalue weighted by Crippen LogP contribution is 2.77. The van der Waals surface area contributed by atoms with E-state index in [4.69, 9.17) is 4.74 Å². The molecule has 0 radical (unpaired) electrons. The molecule has 0 saturated heterocycles. The van der Waals surface area contributed by atoms with Crippen LogP contribution in [0.1, 0.15) is 120 Å². The zero-order valence-electron chi connectivity index (χ0n) is 23.9. The predicted octanol–water partition coefficient (Wildman–Crippen LogP) is 7.85. The average molecular weight is 485 g/mol. The van der Waals surface area contributed by atoms with Crippen molar-refractivity contribution in [2.75, 3.05) is 0 Å². The number of hydrogen-bond acceptors (Lipinski definition) is 3. The summed E-state index contributed by atoms with van der Waals surface area (Å²) in [7, 11) is 0. The van der Waals surface area contributed by atoms with Crippen LogP contribution in [-0.4, -0.2) is 18.4 Å². The lowest BCUT2D eigenvalue weighted by molar-refractivity contribution is -0.249. The van der Waals surface area contributed by atoms with Gasteiger partial charge in [0.15, 0.2) is 0 Å². The smallest absolute Gasteiger partial charge is 0.302 e. The minimum Gasteiger partial charge on any atom is -0.462 e. The Balaban J connectivity index is 1.51. The Bertz CT molecular complexity index is 876. The molecule has 3 nitrogen and oxygen atoms in total. The minimum absolute atomic E-state index is 0.0190. The molecule has 35 heavy (non-hydrogen) atoms. The highest BCUT2D eigenvalue weighted by Gasteiger charge is 2.71. The van der Waals surface area contributed by atoms with E-state index >= 15 is 0 Å². The van der Waals surface area contributed by atoms with Gasteiger partial charge in [-0.2, -0.15) is 0 Å². The van der Waals surface area contributed by atoms with Gasteiger partial charge in [-0.1, -0.05) is 48.5 Å². The molecule has 0 heterocycles. The topological polar surface area (TPSA) is 43.4 Å². The zero-order valence-corrected chi connectivity index (χ0v) is 23.9. The van der Waals surface area contributed by atoms with E-state index in [1.54, 1.807) is 6.92 Å². The Kier molecular flexibility index (Phi) is 5.94. The largest absolute Gasteiger partial charge is 0.462 e. The van der Waals surface area contributed by atoms with Gasteiger partial charge in [0.1, 0.15) is 12.4 Å². The monoisotopic (exact) mass is 484 g/mol. The maximum atomic E-state index is 12.7. The van der Waals surface area contributed by atoms with E-state index in [1.807, 2.05) is 0 Å². The minimum atomic E-state index is -0.127. The molecule has 3 heteroatoms. The third-order valence-corrected chi connectivity index (χ3v) is 13.9. The Morgan fingerprint density at radius 1 is 0.829 bits per heavy atom. The van der Waals surface area contributed by atoms with Crippen LogP contribution in [0, 0.1) is 62.6 Å². The van der Waals surface area contributed by atoms with Crippen molar-refractivity contribution >= 4 is 12.3 Å². The molecule has 5 saturated carbocycles. The summed E-state index contributed by atoms with van der Waals surface area (Å²) in [5, 5.41) is 0. The van der Waals surface area contributed by atoms with Gasteiger partial charge in [-0.3, -0.25) is 4.79 Å². The predicted molar refractivity (Wildman–Crippen MR) is 141 cm³/mol. The van der Waals surface area contributed by atoms with Gasteiger partial charge in [-0.15, -0.1) is 0 Å². The molecule has 0 N–H and O–H groups in total. The molecule has 0 aromatic rings. The van der Waals surface area contributed by atoms with Gasteiger partial charge >= 0.3 is 5.97 Å². The average Bonchev–Trinajstić information content (AvgIpc) is 3.16. The molecule has 5 aliphatic carbocycles. The first-order chi connectivity index (χ1) is 16.3. The van der Waals surface area contributed by atoms with Gasteiger partial charge in [0, 0.05) is 17.8 Å². The quantitative estimate of drug-likeness (QED) is 0.302. The number of hydrogen-bond donors (Lipinski definition) is 0. The van der Waals surface area contributed by atoms with Crippen LogP contribution in [0.5, 0.6) is 0 Å². The molecule has 0 aromatic carbocycles. The maximum absolute atomic E-state index is 12.7. The number of carbonyl (C=O) groups excluding carboxylic acids is 2. The summed E-state index contributed by atoms with van der Waals surface area (Å²) in [5.74, 6) is 3.82. The summed E-state index contributed by atoms with van der Waals surface area (Å²) in [6.45, 7) is 19.1. The highest BCUT2D eigenvalue weighted by molar-refractivity contribution is 5.66. The number of rotatable bonds is 3. The normalized spacial score (nSPS) is 52.6. The van der Waals surface area contributed by atoms with Crippen LogP contribution in [0.15, 0.2) is 0 Å². The molecule has 5 rings (SSSR count). The SMILES string of the molecule is CC(=O)O[C@H]1CC[C@]2(C)[C@H]3CC[C@@H]4[C@H]5[C@H](C(C)C)CC[C@]5(C=O)CC[C@@]4(C)[C@]3(C)CC[C@H]2C1(C)C. The van der Waals surface area contributed by atoms with Crippen molar-refractivity contribution in [1.82, 2.24) is 0 Å². The van der Waals surface area contributed by atoms with E-state index in [1.165, 1.54) is 51.2 Å². The van der Waals surface area contributed by atoms with Crippen molar-refractivity contribution in [2.45, 2.75) is 126 Å². The van der Waals surface area contributed by atoms with Gasteiger partial charge in [-0.25, -0.2) is 0 Å². The lowest BCUT2D eigenvalue weighted by Gasteiger charge is -2.72. The first-order valence-electron chi connectivity index (χ1n) is 14.9. The van der Waals surface area contributed by atoms with E-state index in [9.17, 15) is 9.59 Å². The Morgan fingerprint density at radius 3 is 2.17 bits per heavy atom. The van der Waals surface area contributed by atoms with Crippen LogP contribution in [-0.2, 0) is 14.3 Å². The molecular formula is C32H52O3. The van der Waals surface area contributed by atoms with Gasteiger partial charge in [-0.05, 0) is 116 Å². The van der Waals surface area contributed by atoms with Gasteiger partial charge in [0.2, 0.25) is 0 Å². The summed E-state index contributed by atoms with van der Waals surface area (Å²) >= 11 is 0. The van der Waals surface area contributed by atoms with E-state index in [2.05, 4.69) is 48.5 Å². The van der Waals surface area contributed by atoms with E-state index < -0.39 is 0 Å². The molecular weight excluding hydrogens is 432 g/mol. The summed E-state index contributed by atoms with van der Waals surface area (Å²) in [5.41, 5.74) is 0.909. The van der Waals surface area contributed by atoms with Crippen LogP contribution in [0.25, 0.3) is 0 Å². The Hall–Kier alpha value is -0.860. The third-order valence-electron chi connectivity index (χ3n) is 13.9. The van der Waals surface area contributed by atoms with Crippen LogP contribution >= 0.6 is 0 Å². The summed E-state index contributed by atoms with van der Waals surface area (Å²) in [6, 6.07) is 0. The number of esters is 1. The van der Waals surface area contributed by atoms with Gasteiger partial charge < -0.3 is 9.53 Å². The Labute approximate surface area is 214 Å². The fraction of sp³-hybridized carbons (Fsp3) is 0.938. The molecule has 5 aliphatic rings. The summed E-state index contributed by atoms with van der Waals surface area (Å²) in [6.07, 6.45) is 13.5. The molecule has 0 aromatic heterocycles. The number of fused-ring (bicyclic) bond motifs is 7. The van der Waals surface area contributed by atoms with Crippen molar-refractivity contribution in [2.24, 2.45) is 62.6 Å². The first kappa shape index (κ1) is 25.8. The number of aldehydes is 1. The maximum Gasteiger partial charge on any atom is 0.302 e. The highest BCUT2D eigenvalue weighted by atomic mass is 16.5. The molecule has 0 bridgehead atoms. The number of ether oxygens (including phenoxy) is 1. The fourth-order valence-electron chi connectivity index (χ4n) is 12.0. The lowest BCUT2D eigenvalue weighted by Crippen LogP contribution is -2.67. The van der Waals surface area contributed by atoms with Crippen molar-refractivity contribution in [1.29, 1.82) is 0 Å². The van der Waals surface area contributed by atoms with E-state index in [0.29, 0.717) is 45.8 Å². The van der Waals surface area contributed by atoms with E-state index in [0.717, 1.165) is 25.2 Å². The first-order valence-corrected chi connectivity index (χ1v) is 14.9. The number of carbonyl (C=O) groups is 2. The molecule has 198 valence electrons. The van der Waals surface area contributed by atoms with Crippen LogP contribution in [0.2, 0.25) is 0 Å². The summed E-state index contributed by atoms with van der Waals surface area (Å²) in [4.78, 5) is 24.5.